The maximum absolute atomic E-state index is 11.3. The molecule has 0 fully saturated rings. The van der Waals surface area contributed by atoms with Crippen molar-refractivity contribution in [3.05, 3.63) is 18.0 Å². The fourth-order valence-corrected chi connectivity index (χ4v) is 0.866. The van der Waals surface area contributed by atoms with Crippen molar-refractivity contribution in [2.75, 3.05) is 20.7 Å². The third-order valence-corrected chi connectivity index (χ3v) is 1.77. The van der Waals surface area contributed by atoms with Crippen LogP contribution >= 0.6 is 0 Å². The van der Waals surface area contributed by atoms with Gasteiger partial charge < -0.3 is 9.64 Å². The molecule has 1 aromatic rings. The summed E-state index contributed by atoms with van der Waals surface area (Å²) in [7, 11) is 4.89. The number of rotatable bonds is 3. The quantitative estimate of drug-likeness (QED) is 0.642. The van der Waals surface area contributed by atoms with Gasteiger partial charge >= 0.3 is 5.97 Å². The number of ether oxygens (including phenoxy) is 1. The van der Waals surface area contributed by atoms with Crippen LogP contribution in [-0.2, 0) is 16.6 Å². The lowest BCUT2D eigenvalue weighted by atomic mass is 10.4. The lowest BCUT2D eigenvalue weighted by Gasteiger charge is -2.09. The summed E-state index contributed by atoms with van der Waals surface area (Å²) in [6.07, 6.45) is 2.92. The maximum Gasteiger partial charge on any atom is 0.341 e. The fourth-order valence-electron chi connectivity index (χ4n) is 0.866. The van der Waals surface area contributed by atoms with Crippen LogP contribution in [0.25, 0.3) is 0 Å². The van der Waals surface area contributed by atoms with Crippen LogP contribution in [0.2, 0.25) is 0 Å². The van der Waals surface area contributed by atoms with E-state index in [1.807, 2.05) is 0 Å². The highest BCUT2D eigenvalue weighted by atomic mass is 16.5. The van der Waals surface area contributed by atoms with E-state index in [1.54, 1.807) is 21.1 Å². The molecule has 0 aliphatic carbocycles. The summed E-state index contributed by atoms with van der Waals surface area (Å²) < 4.78 is 6.27. The van der Waals surface area contributed by atoms with Crippen molar-refractivity contribution in [3.8, 4) is 0 Å². The first kappa shape index (κ1) is 11.2. The van der Waals surface area contributed by atoms with Gasteiger partial charge in [-0.1, -0.05) is 0 Å². The molecule has 1 rings (SSSR count). The number of aryl methyl sites for hydroxylation is 1. The summed E-state index contributed by atoms with van der Waals surface area (Å²) in [6.45, 7) is -0.249. The van der Waals surface area contributed by atoms with Gasteiger partial charge in [0.05, 0.1) is 11.8 Å². The van der Waals surface area contributed by atoms with Gasteiger partial charge in [-0.25, -0.2) is 4.79 Å². The summed E-state index contributed by atoms with van der Waals surface area (Å²) in [5.74, 6) is -0.800. The lowest BCUT2D eigenvalue weighted by molar-refractivity contribution is -0.131. The van der Waals surface area contributed by atoms with E-state index in [-0.39, 0.29) is 12.5 Å². The van der Waals surface area contributed by atoms with Crippen molar-refractivity contribution in [1.82, 2.24) is 14.7 Å². The molecule has 6 nitrogen and oxygen atoms in total. The molecule has 0 atom stereocenters. The molecule has 6 heteroatoms. The zero-order valence-electron chi connectivity index (χ0n) is 8.93. The molecule has 0 aliphatic heterocycles. The predicted octanol–water partition coefficient (Wildman–Crippen LogP) is -0.335. The van der Waals surface area contributed by atoms with E-state index < -0.39 is 5.97 Å². The van der Waals surface area contributed by atoms with Gasteiger partial charge in [0.25, 0.3) is 5.91 Å². The zero-order chi connectivity index (χ0) is 11.4. The van der Waals surface area contributed by atoms with Crippen LogP contribution in [0.1, 0.15) is 10.4 Å². The maximum atomic E-state index is 11.3. The third kappa shape index (κ3) is 3.08. The Morgan fingerprint density at radius 2 is 2.20 bits per heavy atom. The second-order valence-electron chi connectivity index (χ2n) is 3.27. The predicted molar refractivity (Wildman–Crippen MR) is 52.2 cm³/mol. The number of nitrogens with zero attached hydrogens (tertiary/aromatic N) is 3. The van der Waals surface area contributed by atoms with Crippen LogP contribution in [0.3, 0.4) is 0 Å². The molecule has 0 unspecified atom stereocenters. The van der Waals surface area contributed by atoms with Crippen molar-refractivity contribution in [3.63, 3.8) is 0 Å². The van der Waals surface area contributed by atoms with Gasteiger partial charge in [-0.05, 0) is 0 Å². The number of esters is 1. The number of hydrogen-bond acceptors (Lipinski definition) is 4. The van der Waals surface area contributed by atoms with E-state index >= 15 is 0 Å². The van der Waals surface area contributed by atoms with Crippen molar-refractivity contribution < 1.29 is 14.3 Å². The molecule has 1 heterocycles. The Labute approximate surface area is 87.4 Å². The van der Waals surface area contributed by atoms with Crippen LogP contribution in [0.4, 0.5) is 0 Å². The van der Waals surface area contributed by atoms with Gasteiger partial charge in [-0.2, -0.15) is 5.10 Å². The van der Waals surface area contributed by atoms with Crippen LogP contribution in [-0.4, -0.2) is 47.3 Å². The molecule has 0 saturated carbocycles. The second kappa shape index (κ2) is 4.59. The van der Waals surface area contributed by atoms with Crippen LogP contribution < -0.4 is 0 Å². The number of carbonyl (C=O) groups is 2. The molecule has 0 bridgehead atoms. The molecule has 0 spiro atoms. The topological polar surface area (TPSA) is 64.4 Å². The summed E-state index contributed by atoms with van der Waals surface area (Å²) >= 11 is 0. The average Bonchev–Trinajstić information content (AvgIpc) is 2.60. The molecule has 0 aliphatic rings. The number of aromatic nitrogens is 2. The Morgan fingerprint density at radius 1 is 1.53 bits per heavy atom. The molecular formula is C9H13N3O3. The second-order valence-corrected chi connectivity index (χ2v) is 3.27. The summed E-state index contributed by atoms with van der Waals surface area (Å²) in [6, 6.07) is 0. The van der Waals surface area contributed by atoms with E-state index in [0.717, 1.165) is 0 Å². The van der Waals surface area contributed by atoms with E-state index in [9.17, 15) is 9.59 Å². The first-order valence-electron chi connectivity index (χ1n) is 4.36. The summed E-state index contributed by atoms with van der Waals surface area (Å²) in [4.78, 5) is 23.8. The Balaban J connectivity index is 2.47. The number of carbonyl (C=O) groups excluding carboxylic acids is 2. The minimum absolute atomic E-state index is 0.249. The van der Waals surface area contributed by atoms with Gasteiger partial charge in [0.15, 0.2) is 6.61 Å². The Bertz CT molecular complexity index is 370. The minimum Gasteiger partial charge on any atom is -0.452 e. The third-order valence-electron chi connectivity index (χ3n) is 1.77. The van der Waals surface area contributed by atoms with E-state index in [2.05, 4.69) is 5.10 Å². The Morgan fingerprint density at radius 3 is 2.67 bits per heavy atom. The minimum atomic E-state index is -0.543. The Kier molecular flexibility index (Phi) is 3.43. The molecule has 0 aromatic carbocycles. The Hall–Kier alpha value is -1.85. The summed E-state index contributed by atoms with van der Waals surface area (Å²) in [5.41, 5.74) is 0.337. The molecule has 15 heavy (non-hydrogen) atoms. The van der Waals surface area contributed by atoms with Gasteiger partial charge in [-0.3, -0.25) is 9.48 Å². The molecule has 1 amide bonds. The van der Waals surface area contributed by atoms with Crippen LogP contribution in [0.5, 0.6) is 0 Å². The van der Waals surface area contributed by atoms with Crippen molar-refractivity contribution in [2.45, 2.75) is 0 Å². The highest BCUT2D eigenvalue weighted by molar-refractivity contribution is 5.90. The van der Waals surface area contributed by atoms with Crippen LogP contribution in [0.15, 0.2) is 12.4 Å². The van der Waals surface area contributed by atoms with Crippen molar-refractivity contribution >= 4 is 11.9 Å². The monoisotopic (exact) mass is 211 g/mol. The lowest BCUT2D eigenvalue weighted by Crippen LogP contribution is -2.27. The fraction of sp³-hybridized carbons (Fsp3) is 0.444. The van der Waals surface area contributed by atoms with Gasteiger partial charge in [0.1, 0.15) is 0 Å². The molecule has 0 saturated heterocycles. The summed E-state index contributed by atoms with van der Waals surface area (Å²) in [5, 5.41) is 3.82. The number of amides is 1. The van der Waals surface area contributed by atoms with Gasteiger partial charge in [0, 0.05) is 27.3 Å². The number of hydrogen-bond donors (Lipinski definition) is 0. The molecule has 1 aromatic heterocycles. The largest absolute Gasteiger partial charge is 0.452 e. The molecule has 0 radical (unpaired) electrons. The van der Waals surface area contributed by atoms with E-state index in [0.29, 0.717) is 5.56 Å². The van der Waals surface area contributed by atoms with E-state index in [4.69, 9.17) is 4.74 Å². The first-order valence-corrected chi connectivity index (χ1v) is 4.36. The standard InChI is InChI=1S/C9H13N3O3/c1-11(2)8(13)6-15-9(14)7-4-10-12(3)5-7/h4-5H,6H2,1-3H3. The highest BCUT2D eigenvalue weighted by Gasteiger charge is 2.12. The average molecular weight is 211 g/mol. The highest BCUT2D eigenvalue weighted by Crippen LogP contribution is 1.99. The smallest absolute Gasteiger partial charge is 0.341 e. The van der Waals surface area contributed by atoms with Crippen molar-refractivity contribution in [1.29, 1.82) is 0 Å². The molecule has 82 valence electrons. The SMILES string of the molecule is CN(C)C(=O)COC(=O)c1cnn(C)c1. The van der Waals surface area contributed by atoms with Gasteiger partial charge in [-0.15, -0.1) is 0 Å². The van der Waals surface area contributed by atoms with Crippen molar-refractivity contribution in [2.24, 2.45) is 7.05 Å². The first-order chi connectivity index (χ1) is 7.00. The molecule has 0 N–H and O–H groups in total. The zero-order valence-corrected chi connectivity index (χ0v) is 8.93. The van der Waals surface area contributed by atoms with Gasteiger partial charge in [0.2, 0.25) is 0 Å². The normalized spacial score (nSPS) is 9.80. The molecular weight excluding hydrogens is 198 g/mol. The number of likely N-dealkylation sites (N-methyl/N-ethyl adjacent to an activating group) is 1. The van der Waals surface area contributed by atoms with Crippen LogP contribution in [0, 0.1) is 0 Å². The van der Waals surface area contributed by atoms with E-state index in [1.165, 1.54) is 22.0 Å².